The first-order valence-corrected chi connectivity index (χ1v) is 12.6. The maximum absolute atomic E-state index is 13.0. The first-order chi connectivity index (χ1) is 17.9. The molecule has 0 radical (unpaired) electrons. The number of anilines is 2. The highest BCUT2D eigenvalue weighted by Gasteiger charge is 2.61. The van der Waals surface area contributed by atoms with E-state index in [1.807, 2.05) is 6.92 Å². The zero-order valence-electron chi connectivity index (χ0n) is 20.5. The molecule has 3 amide bonds. The molecule has 0 aromatic heterocycles. The van der Waals surface area contributed by atoms with Gasteiger partial charge in [-0.15, -0.1) is 0 Å². The Morgan fingerprint density at radius 3 is 1.95 bits per heavy atom. The lowest BCUT2D eigenvalue weighted by Crippen LogP contribution is -2.32. The normalized spacial score (nSPS) is 23.6. The first-order valence-electron chi connectivity index (χ1n) is 12.6. The number of esters is 2. The molecule has 5 rings (SSSR count). The molecule has 9 nitrogen and oxygen atoms in total. The Hall–Kier alpha value is -4.01. The fourth-order valence-corrected chi connectivity index (χ4v) is 5.79. The lowest BCUT2D eigenvalue weighted by atomic mass is 9.81. The van der Waals surface area contributed by atoms with Gasteiger partial charge < -0.3 is 14.8 Å². The number of benzene rings is 2. The molecule has 2 bridgehead atoms. The second kappa shape index (κ2) is 10.2. The van der Waals surface area contributed by atoms with Gasteiger partial charge in [-0.05, 0) is 86.1 Å². The predicted molar refractivity (Wildman–Crippen MR) is 133 cm³/mol. The van der Waals surface area contributed by atoms with Crippen LogP contribution in [0.1, 0.15) is 53.3 Å². The topological polar surface area (TPSA) is 119 Å². The Labute approximate surface area is 214 Å². The van der Waals surface area contributed by atoms with E-state index in [4.69, 9.17) is 9.47 Å². The SMILES string of the molecule is CCCOC(=O)c1ccc(NC(=O)COC(=O)c2ccc(N3C(=O)[C@@H]4[C@H]5CC[C@@H](C5)[C@H]4C3=O)cc2)cc1. The summed E-state index contributed by atoms with van der Waals surface area (Å²) in [5, 5.41) is 2.60. The number of ether oxygens (including phenoxy) is 2. The fraction of sp³-hybridized carbons (Fsp3) is 0.393. The monoisotopic (exact) mass is 504 g/mol. The van der Waals surface area contributed by atoms with Crippen molar-refractivity contribution in [2.45, 2.75) is 32.6 Å². The van der Waals surface area contributed by atoms with Gasteiger partial charge in [0.05, 0.1) is 35.3 Å². The molecule has 37 heavy (non-hydrogen) atoms. The Balaban J connectivity index is 1.13. The second-order valence-corrected chi connectivity index (χ2v) is 9.78. The summed E-state index contributed by atoms with van der Waals surface area (Å²) in [6.07, 6.45) is 3.71. The zero-order chi connectivity index (χ0) is 26.1. The Kier molecular flexibility index (Phi) is 6.78. The highest BCUT2D eigenvalue weighted by molar-refractivity contribution is 6.22. The summed E-state index contributed by atoms with van der Waals surface area (Å²) < 4.78 is 10.2. The van der Waals surface area contributed by atoms with Gasteiger partial charge in [-0.25, -0.2) is 9.59 Å². The molecule has 1 aliphatic heterocycles. The molecule has 4 atom stereocenters. The van der Waals surface area contributed by atoms with Crippen molar-refractivity contribution >= 4 is 41.0 Å². The summed E-state index contributed by atoms with van der Waals surface area (Å²) in [4.78, 5) is 63.7. The summed E-state index contributed by atoms with van der Waals surface area (Å²) >= 11 is 0. The van der Waals surface area contributed by atoms with Gasteiger partial charge >= 0.3 is 11.9 Å². The third kappa shape index (κ3) is 4.73. The molecule has 1 saturated heterocycles. The average Bonchev–Trinajstić information content (AvgIpc) is 3.60. The molecule has 3 aliphatic rings. The standard InChI is InChI=1S/C28H28N2O7/c1-2-13-36-27(34)16-5-9-20(10-6-16)29-22(31)15-37-28(35)17-7-11-21(12-8-17)30-25(32)23-18-3-4-19(14-18)24(23)26(30)33/h5-12,18-19,23-24H,2-4,13-15H2,1H3,(H,29,31)/t18-,19-,23+,24+/m0/s1. The molecular formula is C28H28N2O7. The summed E-state index contributed by atoms with van der Waals surface area (Å²) in [6.45, 7) is 1.73. The molecule has 0 spiro atoms. The summed E-state index contributed by atoms with van der Waals surface area (Å²) in [7, 11) is 0. The number of nitrogens with one attached hydrogen (secondary N) is 1. The highest BCUT2D eigenvalue weighted by atomic mass is 16.5. The van der Waals surface area contributed by atoms with E-state index in [1.54, 1.807) is 24.3 Å². The van der Waals surface area contributed by atoms with Gasteiger partial charge in [0.15, 0.2) is 6.61 Å². The number of nitrogens with zero attached hydrogens (tertiary/aromatic N) is 1. The molecule has 2 aromatic rings. The molecule has 2 aromatic carbocycles. The smallest absolute Gasteiger partial charge is 0.338 e. The van der Waals surface area contributed by atoms with Crippen LogP contribution in [0.4, 0.5) is 11.4 Å². The van der Waals surface area contributed by atoms with Crippen LogP contribution in [0.25, 0.3) is 0 Å². The van der Waals surface area contributed by atoms with E-state index in [0.717, 1.165) is 25.7 Å². The van der Waals surface area contributed by atoms with Crippen molar-refractivity contribution < 1.29 is 33.4 Å². The molecule has 0 unspecified atom stereocenters. The molecular weight excluding hydrogens is 476 g/mol. The molecule has 2 saturated carbocycles. The second-order valence-electron chi connectivity index (χ2n) is 9.78. The van der Waals surface area contributed by atoms with Crippen LogP contribution < -0.4 is 10.2 Å². The molecule has 192 valence electrons. The number of carbonyl (C=O) groups excluding carboxylic acids is 5. The van der Waals surface area contributed by atoms with Gasteiger partial charge in [-0.2, -0.15) is 0 Å². The van der Waals surface area contributed by atoms with Crippen LogP contribution in [0.3, 0.4) is 0 Å². The molecule has 9 heteroatoms. The van der Waals surface area contributed by atoms with Crippen LogP contribution in [0.15, 0.2) is 48.5 Å². The van der Waals surface area contributed by atoms with E-state index >= 15 is 0 Å². The summed E-state index contributed by atoms with van der Waals surface area (Å²) in [5.74, 6) is -1.77. The lowest BCUT2D eigenvalue weighted by molar-refractivity contribution is -0.123. The molecule has 3 fully saturated rings. The van der Waals surface area contributed by atoms with Crippen LogP contribution in [0.2, 0.25) is 0 Å². The van der Waals surface area contributed by atoms with Crippen LogP contribution in [0, 0.1) is 23.7 Å². The molecule has 2 aliphatic carbocycles. The van der Waals surface area contributed by atoms with Crippen LogP contribution in [-0.4, -0.2) is 42.9 Å². The quantitative estimate of drug-likeness (QED) is 0.431. The third-order valence-corrected chi connectivity index (χ3v) is 7.46. The van der Waals surface area contributed by atoms with E-state index in [0.29, 0.717) is 35.4 Å². The van der Waals surface area contributed by atoms with Crippen molar-refractivity contribution in [2.75, 3.05) is 23.4 Å². The first kappa shape index (κ1) is 24.7. The maximum atomic E-state index is 13.0. The molecule has 1 N–H and O–H groups in total. The third-order valence-electron chi connectivity index (χ3n) is 7.46. The number of carbonyl (C=O) groups is 5. The minimum Gasteiger partial charge on any atom is -0.462 e. The van der Waals surface area contributed by atoms with E-state index in [-0.39, 0.29) is 29.2 Å². The Morgan fingerprint density at radius 2 is 1.38 bits per heavy atom. The number of imide groups is 1. The van der Waals surface area contributed by atoms with Crippen molar-refractivity contribution in [1.29, 1.82) is 0 Å². The van der Waals surface area contributed by atoms with Crippen molar-refractivity contribution in [3.8, 4) is 0 Å². The van der Waals surface area contributed by atoms with Crippen molar-refractivity contribution in [2.24, 2.45) is 23.7 Å². The van der Waals surface area contributed by atoms with E-state index in [2.05, 4.69) is 5.32 Å². The Morgan fingerprint density at radius 1 is 0.838 bits per heavy atom. The number of amides is 3. The van der Waals surface area contributed by atoms with Gasteiger partial charge in [-0.3, -0.25) is 19.3 Å². The van der Waals surface area contributed by atoms with Crippen LogP contribution >= 0.6 is 0 Å². The van der Waals surface area contributed by atoms with Gasteiger partial charge in [0.2, 0.25) is 11.8 Å². The van der Waals surface area contributed by atoms with E-state index in [1.165, 1.54) is 29.2 Å². The number of fused-ring (bicyclic) bond motifs is 5. The Bertz CT molecular complexity index is 1210. The van der Waals surface area contributed by atoms with Crippen molar-refractivity contribution in [3.05, 3.63) is 59.7 Å². The zero-order valence-corrected chi connectivity index (χ0v) is 20.5. The minimum atomic E-state index is -0.704. The van der Waals surface area contributed by atoms with Gasteiger partial charge in [-0.1, -0.05) is 6.92 Å². The average molecular weight is 505 g/mol. The summed E-state index contributed by atoms with van der Waals surface area (Å²) in [6, 6.07) is 12.3. The van der Waals surface area contributed by atoms with Crippen molar-refractivity contribution in [1.82, 2.24) is 0 Å². The lowest BCUT2D eigenvalue weighted by Gasteiger charge is -2.19. The van der Waals surface area contributed by atoms with Crippen LogP contribution in [-0.2, 0) is 23.9 Å². The van der Waals surface area contributed by atoms with Gasteiger partial charge in [0.1, 0.15) is 0 Å². The maximum Gasteiger partial charge on any atom is 0.338 e. The number of rotatable bonds is 8. The summed E-state index contributed by atoms with van der Waals surface area (Å²) in [5.41, 5.74) is 1.45. The minimum absolute atomic E-state index is 0.139. The van der Waals surface area contributed by atoms with Gasteiger partial charge in [0, 0.05) is 5.69 Å². The van der Waals surface area contributed by atoms with E-state index in [9.17, 15) is 24.0 Å². The highest BCUT2D eigenvalue weighted by Crippen LogP contribution is 2.56. The number of hydrogen-bond acceptors (Lipinski definition) is 7. The van der Waals surface area contributed by atoms with Crippen LogP contribution in [0.5, 0.6) is 0 Å². The predicted octanol–water partition coefficient (Wildman–Crippen LogP) is 3.58. The van der Waals surface area contributed by atoms with Crippen molar-refractivity contribution in [3.63, 3.8) is 0 Å². The number of hydrogen-bond donors (Lipinski definition) is 1. The molecule has 1 heterocycles. The van der Waals surface area contributed by atoms with E-state index < -0.39 is 24.5 Å². The van der Waals surface area contributed by atoms with Gasteiger partial charge in [0.25, 0.3) is 5.91 Å². The largest absolute Gasteiger partial charge is 0.462 e. The fourth-order valence-electron chi connectivity index (χ4n) is 5.79.